The van der Waals surface area contributed by atoms with Gasteiger partial charge in [0, 0.05) is 25.2 Å². The molecule has 1 aliphatic carbocycles. The van der Waals surface area contributed by atoms with Gasteiger partial charge in [0.2, 0.25) is 10.0 Å². The van der Waals surface area contributed by atoms with Gasteiger partial charge in [-0.25, -0.2) is 8.42 Å². The maximum atomic E-state index is 12.9. The molecule has 1 saturated carbocycles. The average Bonchev–Trinajstić information content (AvgIpc) is 2.62. The Morgan fingerprint density at radius 3 is 2.62 bits per heavy atom. The third-order valence-corrected chi connectivity index (χ3v) is 6.58. The van der Waals surface area contributed by atoms with Crippen LogP contribution in [0.2, 0.25) is 0 Å². The number of rotatable bonds is 7. The maximum absolute atomic E-state index is 12.9. The lowest BCUT2D eigenvalue weighted by Crippen LogP contribution is -2.38. The van der Waals surface area contributed by atoms with E-state index < -0.39 is 10.0 Å². The number of amides is 1. The molecular weight excluding hydrogens is 324 g/mol. The molecule has 0 aliphatic heterocycles. The topological polar surface area (TPSA) is 66.5 Å². The Hall–Kier alpha value is -1.40. The lowest BCUT2D eigenvalue weighted by Gasteiger charge is -2.30. The minimum Gasteiger partial charge on any atom is -0.352 e. The standard InChI is InChI=1S/C18H28N2O3S/c1-3-4-13-19-18(21)15-9-8-12-17(14-15)24(22,23)20(2)16-10-6-5-7-11-16/h8-9,12,14,16H,3-7,10-11,13H2,1-2H3,(H,19,21). The lowest BCUT2D eigenvalue weighted by atomic mass is 9.96. The zero-order chi connectivity index (χ0) is 17.6. The molecule has 0 saturated heterocycles. The molecule has 1 aliphatic rings. The second-order valence-corrected chi connectivity index (χ2v) is 8.45. The van der Waals surface area contributed by atoms with Gasteiger partial charge >= 0.3 is 0 Å². The van der Waals surface area contributed by atoms with Gasteiger partial charge in [0.25, 0.3) is 5.91 Å². The molecule has 5 nitrogen and oxygen atoms in total. The number of hydrogen-bond acceptors (Lipinski definition) is 3. The first kappa shape index (κ1) is 18.9. The van der Waals surface area contributed by atoms with Crippen molar-refractivity contribution in [3.8, 4) is 0 Å². The molecule has 0 unspecified atom stereocenters. The summed E-state index contributed by atoms with van der Waals surface area (Å²) in [6.07, 6.45) is 7.06. The van der Waals surface area contributed by atoms with Crippen molar-refractivity contribution in [1.29, 1.82) is 0 Å². The number of unbranched alkanes of at least 4 members (excludes halogenated alkanes) is 1. The van der Waals surface area contributed by atoms with Crippen LogP contribution in [0, 0.1) is 0 Å². The Labute approximate surface area is 145 Å². The van der Waals surface area contributed by atoms with Crippen molar-refractivity contribution in [2.24, 2.45) is 0 Å². The first-order valence-electron chi connectivity index (χ1n) is 8.83. The van der Waals surface area contributed by atoms with E-state index in [4.69, 9.17) is 0 Å². The summed E-state index contributed by atoms with van der Waals surface area (Å²) in [4.78, 5) is 12.3. The molecule has 24 heavy (non-hydrogen) atoms. The van der Waals surface area contributed by atoms with Crippen molar-refractivity contribution < 1.29 is 13.2 Å². The van der Waals surface area contributed by atoms with Crippen LogP contribution in [0.15, 0.2) is 29.2 Å². The van der Waals surface area contributed by atoms with Gasteiger partial charge in [-0.05, 0) is 37.5 Å². The molecule has 0 bridgehead atoms. The van der Waals surface area contributed by atoms with Crippen LogP contribution in [0.3, 0.4) is 0 Å². The number of nitrogens with one attached hydrogen (secondary N) is 1. The minimum atomic E-state index is -3.57. The Morgan fingerprint density at radius 2 is 1.96 bits per heavy atom. The smallest absolute Gasteiger partial charge is 0.251 e. The summed E-state index contributed by atoms with van der Waals surface area (Å²) in [7, 11) is -1.91. The van der Waals surface area contributed by atoms with Crippen molar-refractivity contribution >= 4 is 15.9 Å². The Morgan fingerprint density at radius 1 is 1.25 bits per heavy atom. The third-order valence-electron chi connectivity index (χ3n) is 4.68. The molecule has 0 radical (unpaired) electrons. The predicted molar refractivity (Wildman–Crippen MR) is 95.5 cm³/mol. The van der Waals surface area contributed by atoms with Crippen molar-refractivity contribution in [3.63, 3.8) is 0 Å². The second kappa shape index (κ2) is 8.62. The fourth-order valence-electron chi connectivity index (χ4n) is 3.09. The summed E-state index contributed by atoms with van der Waals surface area (Å²) in [5, 5.41) is 2.82. The fourth-order valence-corrected chi connectivity index (χ4v) is 4.55. The molecule has 0 heterocycles. The van der Waals surface area contributed by atoms with Gasteiger partial charge in [0.05, 0.1) is 4.90 Å². The summed E-state index contributed by atoms with van der Waals surface area (Å²) in [6.45, 7) is 2.66. The summed E-state index contributed by atoms with van der Waals surface area (Å²) < 4.78 is 27.2. The fraction of sp³-hybridized carbons (Fsp3) is 0.611. The highest BCUT2D eigenvalue weighted by atomic mass is 32.2. The van der Waals surface area contributed by atoms with E-state index in [1.54, 1.807) is 25.2 Å². The molecule has 0 spiro atoms. The number of benzene rings is 1. The van der Waals surface area contributed by atoms with Gasteiger partial charge in [0.15, 0.2) is 0 Å². The van der Waals surface area contributed by atoms with E-state index in [1.165, 1.54) is 16.8 Å². The highest BCUT2D eigenvalue weighted by molar-refractivity contribution is 7.89. The van der Waals surface area contributed by atoms with Crippen LogP contribution in [0.5, 0.6) is 0 Å². The van der Waals surface area contributed by atoms with Crippen molar-refractivity contribution in [2.75, 3.05) is 13.6 Å². The normalized spacial score (nSPS) is 16.3. The molecule has 1 aromatic rings. The predicted octanol–water partition coefficient (Wildman–Crippen LogP) is 3.17. The zero-order valence-corrected chi connectivity index (χ0v) is 15.4. The maximum Gasteiger partial charge on any atom is 0.251 e. The average molecular weight is 353 g/mol. The van der Waals surface area contributed by atoms with Crippen molar-refractivity contribution in [3.05, 3.63) is 29.8 Å². The molecule has 1 fully saturated rings. The van der Waals surface area contributed by atoms with E-state index in [0.717, 1.165) is 38.5 Å². The Kier molecular flexibility index (Phi) is 6.80. The van der Waals surface area contributed by atoms with Gasteiger partial charge in [-0.3, -0.25) is 4.79 Å². The van der Waals surface area contributed by atoms with Crippen LogP contribution in [-0.4, -0.2) is 38.3 Å². The lowest BCUT2D eigenvalue weighted by molar-refractivity contribution is 0.0953. The van der Waals surface area contributed by atoms with E-state index >= 15 is 0 Å². The quantitative estimate of drug-likeness (QED) is 0.767. The van der Waals surface area contributed by atoms with Gasteiger partial charge in [-0.1, -0.05) is 38.7 Å². The highest BCUT2D eigenvalue weighted by Crippen LogP contribution is 2.26. The van der Waals surface area contributed by atoms with Gasteiger partial charge < -0.3 is 5.32 Å². The molecule has 1 aromatic carbocycles. The number of hydrogen-bond donors (Lipinski definition) is 1. The van der Waals surface area contributed by atoms with Gasteiger partial charge in [0.1, 0.15) is 0 Å². The summed E-state index contributed by atoms with van der Waals surface area (Å²) in [5.74, 6) is -0.221. The number of nitrogens with zero attached hydrogens (tertiary/aromatic N) is 1. The number of carbonyl (C=O) groups is 1. The molecule has 0 aromatic heterocycles. The van der Waals surface area contributed by atoms with E-state index in [2.05, 4.69) is 12.2 Å². The van der Waals surface area contributed by atoms with E-state index in [9.17, 15) is 13.2 Å². The minimum absolute atomic E-state index is 0.0609. The highest BCUT2D eigenvalue weighted by Gasteiger charge is 2.29. The summed E-state index contributed by atoms with van der Waals surface area (Å²) >= 11 is 0. The SMILES string of the molecule is CCCCNC(=O)c1cccc(S(=O)(=O)N(C)C2CCCCC2)c1. The van der Waals surface area contributed by atoms with E-state index in [1.807, 2.05) is 0 Å². The summed E-state index contributed by atoms with van der Waals surface area (Å²) in [6, 6.07) is 6.40. The largest absolute Gasteiger partial charge is 0.352 e. The van der Waals surface area contributed by atoms with Crippen LogP contribution in [0.1, 0.15) is 62.2 Å². The van der Waals surface area contributed by atoms with Gasteiger partial charge in [-0.2, -0.15) is 4.31 Å². The molecule has 2 rings (SSSR count). The third kappa shape index (κ3) is 4.57. The molecule has 1 N–H and O–H groups in total. The number of sulfonamides is 1. The monoisotopic (exact) mass is 352 g/mol. The van der Waals surface area contributed by atoms with Crippen LogP contribution in [0.25, 0.3) is 0 Å². The van der Waals surface area contributed by atoms with Crippen molar-refractivity contribution in [2.45, 2.75) is 62.8 Å². The van der Waals surface area contributed by atoms with Crippen LogP contribution < -0.4 is 5.32 Å². The first-order valence-corrected chi connectivity index (χ1v) is 10.3. The van der Waals surface area contributed by atoms with Crippen LogP contribution in [0.4, 0.5) is 0 Å². The van der Waals surface area contributed by atoms with Crippen molar-refractivity contribution in [1.82, 2.24) is 9.62 Å². The van der Waals surface area contributed by atoms with Gasteiger partial charge in [-0.15, -0.1) is 0 Å². The first-order chi connectivity index (χ1) is 11.5. The van der Waals surface area contributed by atoms with Crippen LogP contribution in [-0.2, 0) is 10.0 Å². The number of carbonyl (C=O) groups excluding carboxylic acids is 1. The second-order valence-electron chi connectivity index (χ2n) is 6.45. The Bertz CT molecular complexity index is 652. The Balaban J connectivity index is 2.15. The molecule has 6 heteroatoms. The zero-order valence-electron chi connectivity index (χ0n) is 14.6. The van der Waals surface area contributed by atoms with E-state index in [-0.39, 0.29) is 16.8 Å². The molecule has 0 atom stereocenters. The summed E-state index contributed by atoms with van der Waals surface area (Å²) in [5.41, 5.74) is 0.393. The van der Waals surface area contributed by atoms with Crippen LogP contribution >= 0.6 is 0 Å². The molecule has 134 valence electrons. The van der Waals surface area contributed by atoms with E-state index in [0.29, 0.717) is 12.1 Å². The molecule has 1 amide bonds. The molecular formula is C18H28N2O3S.